The number of hydrazine groups is 1. The highest BCUT2D eigenvalue weighted by atomic mass is 15.2. The van der Waals surface area contributed by atoms with E-state index in [9.17, 15) is 0 Å². The number of hydrogen-bond acceptors (Lipinski definition) is 3. The topological polar surface area (TPSA) is 61.8 Å². The molecule has 0 aliphatic heterocycles. The van der Waals surface area contributed by atoms with Crippen molar-refractivity contribution in [3.8, 4) is 6.07 Å². The van der Waals surface area contributed by atoms with E-state index in [2.05, 4.69) is 18.4 Å². The minimum absolute atomic E-state index is 0.433. The summed E-state index contributed by atoms with van der Waals surface area (Å²) in [5, 5.41) is 8.55. The maximum Gasteiger partial charge on any atom is 0.0669 e. The summed E-state index contributed by atoms with van der Waals surface area (Å²) in [5.74, 6) is 5.31. The number of nitrogens with one attached hydrogen (secondary N) is 1. The van der Waals surface area contributed by atoms with Crippen LogP contribution in [0.4, 0.5) is 5.69 Å². The fourth-order valence-electron chi connectivity index (χ4n) is 1.24. The van der Waals surface area contributed by atoms with Crippen molar-refractivity contribution in [2.75, 3.05) is 5.43 Å². The van der Waals surface area contributed by atoms with Gasteiger partial charge in [0.25, 0.3) is 0 Å². The van der Waals surface area contributed by atoms with Crippen LogP contribution in [-0.4, -0.2) is 0 Å². The van der Waals surface area contributed by atoms with Gasteiger partial charge in [-0.3, -0.25) is 5.84 Å². The molecule has 3 heteroatoms. The molecule has 3 nitrogen and oxygen atoms in total. The Bertz CT molecular complexity index is 303. The van der Waals surface area contributed by atoms with Crippen molar-refractivity contribution < 1.29 is 0 Å². The number of benzene rings is 1. The molecule has 3 N–H and O–H groups in total. The largest absolute Gasteiger partial charge is 0.324 e. The minimum atomic E-state index is 0.433. The summed E-state index contributed by atoms with van der Waals surface area (Å²) in [6.07, 6.45) is 1.39. The van der Waals surface area contributed by atoms with E-state index >= 15 is 0 Å². The van der Waals surface area contributed by atoms with Gasteiger partial charge in [0.15, 0.2) is 0 Å². The summed E-state index contributed by atoms with van der Waals surface area (Å²) >= 11 is 0. The Balaban J connectivity index is 3.01. The van der Waals surface area contributed by atoms with Crippen LogP contribution in [0.25, 0.3) is 0 Å². The number of anilines is 1. The van der Waals surface area contributed by atoms with E-state index in [1.807, 2.05) is 18.2 Å². The molecule has 0 atom stereocenters. The molecule has 1 aromatic rings. The summed E-state index contributed by atoms with van der Waals surface area (Å²) in [7, 11) is 0. The predicted octanol–water partition coefficient (Wildman–Crippen LogP) is 1.60. The SMILES string of the molecule is CCc1cc(CC#N)cc(NN)c1. The lowest BCUT2D eigenvalue weighted by atomic mass is 10.1. The molecule has 0 heterocycles. The molecule has 0 saturated heterocycles. The average Bonchev–Trinajstić information content (AvgIpc) is 2.17. The lowest BCUT2D eigenvalue weighted by molar-refractivity contribution is 1.12. The fourth-order valence-corrected chi connectivity index (χ4v) is 1.24. The first-order valence-electron chi connectivity index (χ1n) is 4.26. The predicted molar refractivity (Wildman–Crippen MR) is 52.9 cm³/mol. The number of nitrogens with zero attached hydrogens (tertiary/aromatic N) is 1. The zero-order valence-electron chi connectivity index (χ0n) is 7.67. The third kappa shape index (κ3) is 2.46. The van der Waals surface area contributed by atoms with Gasteiger partial charge in [-0.1, -0.05) is 13.0 Å². The highest BCUT2D eigenvalue weighted by Gasteiger charge is 1.98. The maximum absolute atomic E-state index is 8.55. The number of rotatable bonds is 3. The van der Waals surface area contributed by atoms with Gasteiger partial charge in [-0.25, -0.2) is 0 Å². The summed E-state index contributed by atoms with van der Waals surface area (Å²) in [6.45, 7) is 2.08. The van der Waals surface area contributed by atoms with Crippen molar-refractivity contribution in [3.63, 3.8) is 0 Å². The van der Waals surface area contributed by atoms with Gasteiger partial charge in [0.1, 0.15) is 0 Å². The van der Waals surface area contributed by atoms with Crippen LogP contribution < -0.4 is 11.3 Å². The molecule has 0 amide bonds. The van der Waals surface area contributed by atoms with E-state index in [0.29, 0.717) is 6.42 Å². The molecule has 0 unspecified atom stereocenters. The van der Waals surface area contributed by atoms with Crippen LogP contribution >= 0.6 is 0 Å². The molecule has 13 heavy (non-hydrogen) atoms. The Labute approximate surface area is 78.1 Å². The molecule has 0 fully saturated rings. The smallest absolute Gasteiger partial charge is 0.0669 e. The van der Waals surface area contributed by atoms with Crippen molar-refractivity contribution in [2.24, 2.45) is 5.84 Å². The van der Waals surface area contributed by atoms with Gasteiger partial charge >= 0.3 is 0 Å². The lowest BCUT2D eigenvalue weighted by Gasteiger charge is -2.05. The van der Waals surface area contributed by atoms with Gasteiger partial charge in [0, 0.05) is 5.69 Å². The molecule has 0 aliphatic rings. The highest BCUT2D eigenvalue weighted by Crippen LogP contribution is 2.14. The standard InChI is InChI=1S/C10H13N3/c1-2-8-5-9(3-4-11)7-10(6-8)13-12/h5-7,13H,2-3,12H2,1H3. The van der Waals surface area contributed by atoms with Gasteiger partial charge in [-0.05, 0) is 29.7 Å². The van der Waals surface area contributed by atoms with Crippen molar-refractivity contribution >= 4 is 5.69 Å². The van der Waals surface area contributed by atoms with E-state index in [1.165, 1.54) is 5.56 Å². The molecule has 0 aromatic heterocycles. The number of nitrogen functional groups attached to an aromatic ring is 1. The van der Waals surface area contributed by atoms with Crippen LogP contribution in [0.5, 0.6) is 0 Å². The normalized spacial score (nSPS) is 9.31. The number of aryl methyl sites for hydroxylation is 1. The lowest BCUT2D eigenvalue weighted by Crippen LogP contribution is -2.07. The first kappa shape index (κ1) is 9.56. The summed E-state index contributed by atoms with van der Waals surface area (Å²) < 4.78 is 0. The van der Waals surface area contributed by atoms with Gasteiger partial charge in [0.05, 0.1) is 12.5 Å². The minimum Gasteiger partial charge on any atom is -0.324 e. The van der Waals surface area contributed by atoms with Crippen LogP contribution in [0, 0.1) is 11.3 Å². The third-order valence-corrected chi connectivity index (χ3v) is 1.91. The maximum atomic E-state index is 8.55. The van der Waals surface area contributed by atoms with Crippen LogP contribution in [0.3, 0.4) is 0 Å². The van der Waals surface area contributed by atoms with Crippen molar-refractivity contribution in [2.45, 2.75) is 19.8 Å². The van der Waals surface area contributed by atoms with Gasteiger partial charge in [-0.15, -0.1) is 0 Å². The Morgan fingerprint density at radius 2 is 2.08 bits per heavy atom. The van der Waals surface area contributed by atoms with Crippen LogP contribution in [0.15, 0.2) is 18.2 Å². The second-order valence-electron chi connectivity index (χ2n) is 2.87. The third-order valence-electron chi connectivity index (χ3n) is 1.91. The van der Waals surface area contributed by atoms with Crippen LogP contribution in [0.1, 0.15) is 18.1 Å². The number of nitrogens with two attached hydrogens (primary N) is 1. The second-order valence-corrected chi connectivity index (χ2v) is 2.87. The van der Waals surface area contributed by atoms with Gasteiger partial charge in [-0.2, -0.15) is 5.26 Å². The molecule has 0 spiro atoms. The monoisotopic (exact) mass is 175 g/mol. The van der Waals surface area contributed by atoms with Crippen LogP contribution in [-0.2, 0) is 12.8 Å². The first-order chi connectivity index (χ1) is 6.30. The Kier molecular flexibility index (Phi) is 3.30. The Morgan fingerprint density at radius 1 is 1.38 bits per heavy atom. The first-order valence-corrected chi connectivity index (χ1v) is 4.26. The summed E-state index contributed by atoms with van der Waals surface area (Å²) in [4.78, 5) is 0. The van der Waals surface area contributed by atoms with Crippen molar-refractivity contribution in [3.05, 3.63) is 29.3 Å². The van der Waals surface area contributed by atoms with Crippen molar-refractivity contribution in [1.29, 1.82) is 5.26 Å². The Morgan fingerprint density at radius 3 is 2.62 bits per heavy atom. The van der Waals surface area contributed by atoms with E-state index in [-0.39, 0.29) is 0 Å². The average molecular weight is 175 g/mol. The van der Waals surface area contributed by atoms with Gasteiger partial charge < -0.3 is 5.43 Å². The molecular weight excluding hydrogens is 162 g/mol. The number of nitriles is 1. The molecule has 0 bridgehead atoms. The van der Waals surface area contributed by atoms with Gasteiger partial charge in [0.2, 0.25) is 0 Å². The number of hydrogen-bond donors (Lipinski definition) is 2. The molecular formula is C10H13N3. The fraction of sp³-hybridized carbons (Fsp3) is 0.300. The molecule has 0 saturated carbocycles. The zero-order valence-corrected chi connectivity index (χ0v) is 7.67. The van der Waals surface area contributed by atoms with E-state index < -0.39 is 0 Å². The molecule has 1 rings (SSSR count). The molecule has 0 aliphatic carbocycles. The molecule has 0 radical (unpaired) electrons. The van der Waals surface area contributed by atoms with E-state index in [4.69, 9.17) is 11.1 Å². The Hall–Kier alpha value is -1.53. The van der Waals surface area contributed by atoms with E-state index in [0.717, 1.165) is 17.7 Å². The molecule has 1 aromatic carbocycles. The summed E-state index contributed by atoms with van der Waals surface area (Å²) in [5.41, 5.74) is 5.66. The van der Waals surface area contributed by atoms with E-state index in [1.54, 1.807) is 0 Å². The second kappa shape index (κ2) is 4.48. The quantitative estimate of drug-likeness (QED) is 0.541. The molecule has 68 valence electrons. The highest BCUT2D eigenvalue weighted by molar-refractivity contribution is 5.48. The zero-order chi connectivity index (χ0) is 9.68. The van der Waals surface area contributed by atoms with Crippen LogP contribution in [0.2, 0.25) is 0 Å². The summed E-state index contributed by atoms with van der Waals surface area (Å²) in [6, 6.07) is 8.03. The van der Waals surface area contributed by atoms with Crippen molar-refractivity contribution in [1.82, 2.24) is 0 Å².